The van der Waals surface area contributed by atoms with E-state index in [0.717, 1.165) is 24.5 Å². The third kappa shape index (κ3) is 7.87. The number of guanidine groups is 1. The zero-order chi connectivity index (χ0) is 20.7. The molecule has 1 saturated heterocycles. The Balaban J connectivity index is 0.00000420. The summed E-state index contributed by atoms with van der Waals surface area (Å²) < 4.78 is 5.37. The van der Waals surface area contributed by atoms with E-state index in [0.29, 0.717) is 25.6 Å². The van der Waals surface area contributed by atoms with Crippen molar-refractivity contribution >= 4 is 41.8 Å². The first-order chi connectivity index (χ1) is 13.3. The van der Waals surface area contributed by atoms with Crippen LogP contribution in [0.1, 0.15) is 40.2 Å². The van der Waals surface area contributed by atoms with E-state index in [1.165, 1.54) is 0 Å². The van der Waals surface area contributed by atoms with Crippen molar-refractivity contribution in [1.82, 2.24) is 20.5 Å². The van der Waals surface area contributed by atoms with Gasteiger partial charge in [0, 0.05) is 46.0 Å². The summed E-state index contributed by atoms with van der Waals surface area (Å²) in [5, 5.41) is 6.62. The van der Waals surface area contributed by atoms with Crippen LogP contribution >= 0.6 is 24.0 Å². The summed E-state index contributed by atoms with van der Waals surface area (Å²) in [7, 11) is 1.74. The van der Waals surface area contributed by atoms with E-state index in [9.17, 15) is 4.79 Å². The molecule has 1 aliphatic heterocycles. The number of anilines is 1. The van der Waals surface area contributed by atoms with Crippen molar-refractivity contribution < 1.29 is 9.53 Å². The zero-order valence-corrected chi connectivity index (χ0v) is 20.7. The van der Waals surface area contributed by atoms with E-state index < -0.39 is 5.60 Å². The quantitative estimate of drug-likeness (QED) is 0.343. The van der Waals surface area contributed by atoms with Gasteiger partial charge in [-0.2, -0.15) is 0 Å². The van der Waals surface area contributed by atoms with Crippen LogP contribution < -0.4 is 15.5 Å². The summed E-state index contributed by atoms with van der Waals surface area (Å²) >= 11 is 0. The second kappa shape index (κ2) is 11.4. The molecule has 0 radical (unpaired) electrons. The molecule has 0 saturated carbocycles. The molecule has 2 N–H and O–H groups in total. The third-order valence-corrected chi connectivity index (χ3v) is 4.45. The first-order valence-corrected chi connectivity index (χ1v) is 9.90. The zero-order valence-electron chi connectivity index (χ0n) is 18.4. The van der Waals surface area contributed by atoms with Crippen molar-refractivity contribution in [1.29, 1.82) is 0 Å². The highest BCUT2D eigenvalue weighted by molar-refractivity contribution is 14.0. The predicted octanol–water partition coefficient (Wildman–Crippen LogP) is 2.83. The molecule has 0 unspecified atom stereocenters. The number of carbonyl (C=O) groups excluding carboxylic acids is 1. The van der Waals surface area contributed by atoms with Crippen LogP contribution in [-0.4, -0.2) is 66.8 Å². The second-order valence-corrected chi connectivity index (χ2v) is 7.85. The minimum atomic E-state index is -0.470. The van der Waals surface area contributed by atoms with Gasteiger partial charge < -0.3 is 25.2 Å². The van der Waals surface area contributed by atoms with Gasteiger partial charge in [-0.25, -0.2) is 9.78 Å². The fourth-order valence-electron chi connectivity index (χ4n) is 2.88. The molecule has 0 aliphatic carbocycles. The molecule has 0 spiro atoms. The number of aliphatic imine (C=N–C) groups is 1. The maximum absolute atomic E-state index is 12.0. The molecule has 0 atom stereocenters. The lowest BCUT2D eigenvalue weighted by molar-refractivity contribution is 0.00701. The summed E-state index contributed by atoms with van der Waals surface area (Å²) in [6.45, 7) is 13.6. The van der Waals surface area contributed by atoms with Gasteiger partial charge in [-0.05, 0) is 46.2 Å². The summed E-state index contributed by atoms with van der Waals surface area (Å²) in [4.78, 5) is 24.7. The molecule has 2 rings (SSSR count). The number of nitrogens with zero attached hydrogens (tertiary/aromatic N) is 4. The molecular weight excluding hydrogens is 483 g/mol. The molecule has 0 aromatic carbocycles. The largest absolute Gasteiger partial charge is 0.444 e. The Kier molecular flexibility index (Phi) is 9.94. The van der Waals surface area contributed by atoms with Gasteiger partial charge in [-0.1, -0.05) is 6.07 Å². The Bertz CT molecular complexity index is 665. The maximum Gasteiger partial charge on any atom is 0.410 e. The van der Waals surface area contributed by atoms with E-state index >= 15 is 0 Å². The van der Waals surface area contributed by atoms with Crippen molar-refractivity contribution in [2.24, 2.45) is 4.99 Å². The Hall–Kier alpha value is -1.78. The molecule has 29 heavy (non-hydrogen) atoms. The number of halogens is 1. The molecule has 164 valence electrons. The average molecular weight is 518 g/mol. The minimum Gasteiger partial charge on any atom is -0.444 e. The molecule has 1 aromatic rings. The number of likely N-dealkylation sites (tertiary alicyclic amines) is 1. The van der Waals surface area contributed by atoms with Crippen molar-refractivity contribution in [2.45, 2.75) is 52.8 Å². The first-order valence-electron chi connectivity index (χ1n) is 9.90. The van der Waals surface area contributed by atoms with Gasteiger partial charge in [-0.3, -0.25) is 4.99 Å². The van der Waals surface area contributed by atoms with Crippen molar-refractivity contribution in [2.75, 3.05) is 38.1 Å². The number of amides is 1. The van der Waals surface area contributed by atoms with E-state index in [1.54, 1.807) is 11.9 Å². The molecule has 0 bridgehead atoms. The number of aromatic nitrogens is 1. The van der Waals surface area contributed by atoms with Crippen molar-refractivity contribution in [3.05, 3.63) is 23.9 Å². The van der Waals surface area contributed by atoms with Crippen LogP contribution in [0.4, 0.5) is 10.6 Å². The maximum atomic E-state index is 12.0. The highest BCUT2D eigenvalue weighted by atomic mass is 127. The number of hydrogen-bond acceptors (Lipinski definition) is 5. The summed E-state index contributed by atoms with van der Waals surface area (Å²) in [6, 6.07) is 4.29. The molecule has 1 amide bonds. The normalized spacial score (nSPS) is 14.6. The highest BCUT2D eigenvalue weighted by Gasteiger charge is 2.34. The average Bonchev–Trinajstić information content (AvgIpc) is 2.60. The van der Waals surface area contributed by atoms with Gasteiger partial charge in [0.15, 0.2) is 5.96 Å². The molecule has 1 aromatic heterocycles. The molecule has 1 fully saturated rings. The number of pyridine rings is 1. The molecular formula is C20H35IN6O2. The van der Waals surface area contributed by atoms with E-state index in [-0.39, 0.29) is 36.1 Å². The highest BCUT2D eigenvalue weighted by Crippen LogP contribution is 2.15. The Morgan fingerprint density at radius 3 is 2.45 bits per heavy atom. The monoisotopic (exact) mass is 518 g/mol. The lowest BCUT2D eigenvalue weighted by Crippen LogP contribution is -2.63. The van der Waals surface area contributed by atoms with Gasteiger partial charge >= 0.3 is 6.09 Å². The van der Waals surface area contributed by atoms with Gasteiger partial charge in [0.2, 0.25) is 0 Å². The van der Waals surface area contributed by atoms with Crippen LogP contribution in [0.25, 0.3) is 0 Å². The van der Waals surface area contributed by atoms with Crippen molar-refractivity contribution in [3.63, 3.8) is 0 Å². The smallest absolute Gasteiger partial charge is 0.410 e. The fourth-order valence-corrected chi connectivity index (χ4v) is 2.88. The van der Waals surface area contributed by atoms with Crippen LogP contribution in [0, 0.1) is 0 Å². The Morgan fingerprint density at radius 1 is 1.31 bits per heavy atom. The lowest BCUT2D eigenvalue weighted by Gasteiger charge is -2.40. The minimum absolute atomic E-state index is 0. The summed E-state index contributed by atoms with van der Waals surface area (Å²) in [6.07, 6.45) is 1.62. The van der Waals surface area contributed by atoms with Gasteiger partial charge in [0.1, 0.15) is 11.4 Å². The van der Waals surface area contributed by atoms with Crippen LogP contribution in [0.3, 0.4) is 0 Å². The van der Waals surface area contributed by atoms with Crippen LogP contribution in [0.2, 0.25) is 0 Å². The first kappa shape index (κ1) is 25.3. The van der Waals surface area contributed by atoms with Gasteiger partial charge in [0.25, 0.3) is 0 Å². The van der Waals surface area contributed by atoms with Gasteiger partial charge in [-0.15, -0.1) is 24.0 Å². The molecule has 2 heterocycles. The second-order valence-electron chi connectivity index (χ2n) is 7.85. The van der Waals surface area contributed by atoms with Crippen LogP contribution in [-0.2, 0) is 11.3 Å². The standard InChI is InChI=1S/C20H34N6O2.HI/c1-7-25(8-2)17-10-9-15(11-22-17)12-23-18(21-6)24-16-13-26(14-16)19(27)28-20(3,4)5;/h9-11,16H,7-8,12-14H2,1-6H3,(H2,21,23,24);1H. The predicted molar refractivity (Wildman–Crippen MR) is 128 cm³/mol. The van der Waals surface area contributed by atoms with E-state index in [2.05, 4.69) is 45.4 Å². The SMILES string of the molecule is CCN(CC)c1ccc(CNC(=NC)NC2CN(C(=O)OC(C)(C)C)C2)cn1.I. The third-order valence-electron chi connectivity index (χ3n) is 4.45. The molecule has 9 heteroatoms. The summed E-state index contributed by atoms with van der Waals surface area (Å²) in [5.74, 6) is 1.70. The number of carbonyl (C=O) groups is 1. The fraction of sp³-hybridized carbons (Fsp3) is 0.650. The number of nitrogens with one attached hydrogen (secondary N) is 2. The van der Waals surface area contributed by atoms with Crippen LogP contribution in [0.15, 0.2) is 23.3 Å². The molecule has 8 nitrogen and oxygen atoms in total. The van der Waals surface area contributed by atoms with Gasteiger partial charge in [0.05, 0.1) is 6.04 Å². The number of ether oxygens (including phenoxy) is 1. The Labute approximate surface area is 191 Å². The van der Waals surface area contributed by atoms with E-state index in [1.807, 2.05) is 33.0 Å². The topological polar surface area (TPSA) is 82.1 Å². The van der Waals surface area contributed by atoms with Crippen molar-refractivity contribution in [3.8, 4) is 0 Å². The number of hydrogen-bond donors (Lipinski definition) is 2. The Morgan fingerprint density at radius 2 is 1.97 bits per heavy atom. The summed E-state index contributed by atoms with van der Waals surface area (Å²) in [5.41, 5.74) is 0.616. The number of rotatable bonds is 6. The van der Waals surface area contributed by atoms with Crippen LogP contribution in [0.5, 0.6) is 0 Å². The van der Waals surface area contributed by atoms with E-state index in [4.69, 9.17) is 4.74 Å². The lowest BCUT2D eigenvalue weighted by atomic mass is 10.1. The molecule has 1 aliphatic rings.